The predicted octanol–water partition coefficient (Wildman–Crippen LogP) is 1.58. The molecule has 0 atom stereocenters. The normalized spacial score (nSPS) is 26.3. The number of aromatic nitrogens is 1. The van der Waals surface area contributed by atoms with E-state index in [1.165, 1.54) is 0 Å². The lowest BCUT2D eigenvalue weighted by molar-refractivity contribution is 0.108. The minimum Gasteiger partial charge on any atom is -0.393 e. The molecule has 0 bridgehead atoms. The molecule has 128 valence electrons. The van der Waals surface area contributed by atoms with Gasteiger partial charge in [-0.1, -0.05) is 0 Å². The Labute approximate surface area is 141 Å². The predicted molar refractivity (Wildman–Crippen MR) is 90.5 cm³/mol. The lowest BCUT2D eigenvalue weighted by atomic mass is 9.93. The molecule has 2 heterocycles. The minimum absolute atomic E-state index is 0.0514. The van der Waals surface area contributed by atoms with Gasteiger partial charge in [0.2, 0.25) is 0 Å². The van der Waals surface area contributed by atoms with Gasteiger partial charge in [-0.25, -0.2) is 9.78 Å². The Balaban J connectivity index is 1.40. The number of carbonyl (C=O) groups is 1. The van der Waals surface area contributed by atoms with Crippen LogP contribution in [0.15, 0.2) is 5.38 Å². The molecule has 6 nitrogen and oxygen atoms in total. The number of thiazole rings is 1. The SMILES string of the molecule is Cc1nc(CN2CCN(C(=O)NC3CCC(O)CC3)CC2)cs1. The minimum atomic E-state index is -0.180. The molecule has 23 heavy (non-hydrogen) atoms. The third-order valence-electron chi connectivity index (χ3n) is 4.74. The topological polar surface area (TPSA) is 68.7 Å². The molecular formula is C16H26N4O2S. The quantitative estimate of drug-likeness (QED) is 0.878. The number of rotatable bonds is 3. The van der Waals surface area contributed by atoms with Crippen LogP contribution in [0.5, 0.6) is 0 Å². The van der Waals surface area contributed by atoms with Crippen molar-refractivity contribution in [2.24, 2.45) is 0 Å². The lowest BCUT2D eigenvalue weighted by Gasteiger charge is -2.36. The maximum Gasteiger partial charge on any atom is 0.317 e. The lowest BCUT2D eigenvalue weighted by Crippen LogP contribution is -2.53. The van der Waals surface area contributed by atoms with Crippen molar-refractivity contribution in [1.82, 2.24) is 20.1 Å². The van der Waals surface area contributed by atoms with Crippen molar-refractivity contribution < 1.29 is 9.90 Å². The smallest absolute Gasteiger partial charge is 0.317 e. The number of hydrogen-bond donors (Lipinski definition) is 2. The van der Waals surface area contributed by atoms with E-state index < -0.39 is 0 Å². The molecule has 1 saturated heterocycles. The fraction of sp³-hybridized carbons (Fsp3) is 0.750. The van der Waals surface area contributed by atoms with Gasteiger partial charge in [-0.3, -0.25) is 4.90 Å². The Bertz CT molecular complexity index is 520. The van der Waals surface area contributed by atoms with E-state index in [-0.39, 0.29) is 18.2 Å². The van der Waals surface area contributed by atoms with Gasteiger partial charge in [-0.05, 0) is 32.6 Å². The van der Waals surface area contributed by atoms with Gasteiger partial charge in [-0.15, -0.1) is 11.3 Å². The van der Waals surface area contributed by atoms with E-state index in [9.17, 15) is 9.90 Å². The zero-order valence-electron chi connectivity index (χ0n) is 13.7. The van der Waals surface area contributed by atoms with E-state index in [1.807, 2.05) is 11.8 Å². The van der Waals surface area contributed by atoms with Crippen molar-refractivity contribution in [3.8, 4) is 0 Å². The van der Waals surface area contributed by atoms with Crippen molar-refractivity contribution in [2.45, 2.75) is 51.3 Å². The van der Waals surface area contributed by atoms with Crippen LogP contribution in [0, 0.1) is 6.92 Å². The van der Waals surface area contributed by atoms with Crippen LogP contribution in [0.3, 0.4) is 0 Å². The molecule has 2 fully saturated rings. The second-order valence-corrected chi connectivity index (χ2v) is 7.64. The van der Waals surface area contributed by atoms with Crippen molar-refractivity contribution in [3.05, 3.63) is 16.1 Å². The van der Waals surface area contributed by atoms with E-state index in [2.05, 4.69) is 20.6 Å². The number of carbonyl (C=O) groups excluding carboxylic acids is 1. The van der Waals surface area contributed by atoms with E-state index in [1.54, 1.807) is 11.3 Å². The molecule has 1 aliphatic carbocycles. The Morgan fingerprint density at radius 1 is 1.30 bits per heavy atom. The molecule has 0 spiro atoms. The zero-order valence-corrected chi connectivity index (χ0v) is 14.5. The van der Waals surface area contributed by atoms with E-state index in [0.717, 1.165) is 69.1 Å². The van der Waals surface area contributed by atoms with Crippen LogP contribution in [-0.2, 0) is 6.54 Å². The molecule has 0 radical (unpaired) electrons. The van der Waals surface area contributed by atoms with Gasteiger partial charge >= 0.3 is 6.03 Å². The highest BCUT2D eigenvalue weighted by molar-refractivity contribution is 7.09. The number of aliphatic hydroxyl groups is 1. The standard InChI is InChI=1S/C16H26N4O2S/c1-12-17-14(11-23-12)10-19-6-8-20(9-7-19)16(22)18-13-2-4-15(21)5-3-13/h11,13,15,21H,2-10H2,1H3,(H,18,22). The number of piperazine rings is 1. The number of aryl methyl sites for hydroxylation is 1. The average Bonchev–Trinajstić information content (AvgIpc) is 2.95. The van der Waals surface area contributed by atoms with Crippen LogP contribution >= 0.6 is 11.3 Å². The maximum absolute atomic E-state index is 12.3. The highest BCUT2D eigenvalue weighted by Crippen LogP contribution is 2.19. The summed E-state index contributed by atoms with van der Waals surface area (Å²) in [4.78, 5) is 21.1. The number of amides is 2. The fourth-order valence-electron chi connectivity index (χ4n) is 3.31. The highest BCUT2D eigenvalue weighted by Gasteiger charge is 2.25. The molecule has 1 aromatic heterocycles. The van der Waals surface area contributed by atoms with Gasteiger partial charge in [0.05, 0.1) is 16.8 Å². The Hall–Kier alpha value is -1.18. The number of nitrogens with one attached hydrogen (secondary N) is 1. The van der Waals surface area contributed by atoms with Gasteiger partial charge in [-0.2, -0.15) is 0 Å². The third kappa shape index (κ3) is 4.65. The van der Waals surface area contributed by atoms with Crippen molar-refractivity contribution >= 4 is 17.4 Å². The summed E-state index contributed by atoms with van der Waals surface area (Å²) >= 11 is 1.69. The molecule has 2 N–H and O–H groups in total. The van der Waals surface area contributed by atoms with Gasteiger partial charge in [0, 0.05) is 44.1 Å². The van der Waals surface area contributed by atoms with Crippen LogP contribution in [0.4, 0.5) is 4.79 Å². The fourth-order valence-corrected chi connectivity index (χ4v) is 3.91. The van der Waals surface area contributed by atoms with Gasteiger partial charge in [0.15, 0.2) is 0 Å². The van der Waals surface area contributed by atoms with Crippen molar-refractivity contribution in [1.29, 1.82) is 0 Å². The Morgan fingerprint density at radius 3 is 2.61 bits per heavy atom. The summed E-state index contributed by atoms with van der Waals surface area (Å²) in [6, 6.07) is 0.275. The largest absolute Gasteiger partial charge is 0.393 e. The second kappa shape index (κ2) is 7.59. The van der Waals surface area contributed by atoms with E-state index in [4.69, 9.17) is 0 Å². The number of hydrogen-bond acceptors (Lipinski definition) is 5. The molecular weight excluding hydrogens is 312 g/mol. The first-order valence-electron chi connectivity index (χ1n) is 8.47. The summed E-state index contributed by atoms with van der Waals surface area (Å²) in [6.45, 7) is 6.23. The Morgan fingerprint density at radius 2 is 2.00 bits per heavy atom. The van der Waals surface area contributed by atoms with Crippen LogP contribution in [0.1, 0.15) is 36.4 Å². The van der Waals surface area contributed by atoms with Crippen molar-refractivity contribution in [3.63, 3.8) is 0 Å². The summed E-state index contributed by atoms with van der Waals surface area (Å²) in [5.41, 5.74) is 1.13. The van der Waals surface area contributed by atoms with E-state index in [0.29, 0.717) is 0 Å². The molecule has 0 aromatic carbocycles. The first-order chi connectivity index (χ1) is 11.1. The van der Waals surface area contributed by atoms with Gasteiger partial charge < -0.3 is 15.3 Å². The van der Waals surface area contributed by atoms with Crippen molar-refractivity contribution in [2.75, 3.05) is 26.2 Å². The van der Waals surface area contributed by atoms with E-state index >= 15 is 0 Å². The molecule has 0 unspecified atom stereocenters. The molecule has 3 rings (SSSR count). The number of nitrogens with zero attached hydrogens (tertiary/aromatic N) is 3. The molecule has 1 aliphatic heterocycles. The Kier molecular flexibility index (Phi) is 5.50. The first kappa shape index (κ1) is 16.7. The highest BCUT2D eigenvalue weighted by atomic mass is 32.1. The summed E-state index contributed by atoms with van der Waals surface area (Å²) in [5.74, 6) is 0. The maximum atomic E-state index is 12.3. The monoisotopic (exact) mass is 338 g/mol. The molecule has 1 saturated carbocycles. The van der Waals surface area contributed by atoms with Crippen LogP contribution < -0.4 is 5.32 Å². The third-order valence-corrected chi connectivity index (χ3v) is 5.56. The summed E-state index contributed by atoms with van der Waals surface area (Å²) in [6.07, 6.45) is 3.19. The summed E-state index contributed by atoms with van der Waals surface area (Å²) < 4.78 is 0. The molecule has 2 aliphatic rings. The summed E-state index contributed by atoms with van der Waals surface area (Å²) in [7, 11) is 0. The van der Waals surface area contributed by atoms with Crippen LogP contribution in [0.25, 0.3) is 0 Å². The van der Waals surface area contributed by atoms with Gasteiger partial charge in [0.1, 0.15) is 0 Å². The molecule has 1 aromatic rings. The van der Waals surface area contributed by atoms with Crippen LogP contribution in [0.2, 0.25) is 0 Å². The summed E-state index contributed by atoms with van der Waals surface area (Å²) in [5, 5.41) is 15.9. The first-order valence-corrected chi connectivity index (χ1v) is 9.35. The number of aliphatic hydroxyl groups excluding tert-OH is 1. The molecule has 2 amide bonds. The second-order valence-electron chi connectivity index (χ2n) is 6.58. The molecule has 7 heteroatoms. The van der Waals surface area contributed by atoms with Gasteiger partial charge in [0.25, 0.3) is 0 Å². The zero-order chi connectivity index (χ0) is 16.2. The average molecular weight is 338 g/mol. The number of urea groups is 1. The van der Waals surface area contributed by atoms with Crippen LogP contribution in [-0.4, -0.2) is 64.2 Å².